The average molecular weight is 434 g/mol. The van der Waals surface area contributed by atoms with Crippen molar-refractivity contribution in [3.8, 4) is 0 Å². The van der Waals surface area contributed by atoms with E-state index in [-0.39, 0.29) is 23.0 Å². The number of hydrogen-bond donors (Lipinski definition) is 2. The van der Waals surface area contributed by atoms with Crippen LogP contribution in [0.5, 0.6) is 0 Å². The maximum absolute atomic E-state index is 13.7. The lowest BCUT2D eigenvalue weighted by molar-refractivity contribution is -0.120. The van der Waals surface area contributed by atoms with E-state index in [1.54, 1.807) is 0 Å². The maximum atomic E-state index is 13.7. The van der Waals surface area contributed by atoms with Crippen molar-refractivity contribution in [3.63, 3.8) is 0 Å². The highest BCUT2D eigenvalue weighted by Crippen LogP contribution is 2.37. The lowest BCUT2D eigenvalue weighted by Gasteiger charge is -2.48. The minimum Gasteiger partial charge on any atom is -0.364 e. The van der Waals surface area contributed by atoms with Gasteiger partial charge in [-0.15, -0.1) is 0 Å². The predicted molar refractivity (Wildman–Crippen MR) is 133 cm³/mol. The van der Waals surface area contributed by atoms with Gasteiger partial charge in [0, 0.05) is 12.6 Å². The molecule has 1 fully saturated rings. The minimum atomic E-state index is -0.374. The number of nitrogens with zero attached hydrogens (tertiary/aromatic N) is 1. The Morgan fingerprint density at radius 1 is 1.03 bits per heavy atom. The second-order valence-electron chi connectivity index (χ2n) is 9.47. The molecule has 1 amide bonds. The molecule has 1 aliphatic heterocycles. The van der Waals surface area contributed by atoms with Crippen molar-refractivity contribution < 1.29 is 4.79 Å². The number of carbonyl (C=O) groups is 1. The Bertz CT molecular complexity index is 930. The summed E-state index contributed by atoms with van der Waals surface area (Å²) >= 11 is 0. The lowest BCUT2D eigenvalue weighted by Crippen LogP contribution is -2.54. The van der Waals surface area contributed by atoms with Gasteiger partial charge in [0.15, 0.2) is 0 Å². The van der Waals surface area contributed by atoms with Crippen LogP contribution in [0.25, 0.3) is 0 Å². The molecule has 0 aliphatic carbocycles. The molecule has 0 saturated carbocycles. The molecule has 4 heteroatoms. The van der Waals surface area contributed by atoms with Crippen LogP contribution in [0.1, 0.15) is 77.5 Å². The van der Waals surface area contributed by atoms with Crippen LogP contribution in [-0.2, 0) is 10.3 Å². The normalized spacial score (nSPS) is 19.8. The molecule has 1 atom stereocenters. The molecule has 0 unspecified atom stereocenters. The van der Waals surface area contributed by atoms with E-state index in [1.165, 1.54) is 5.56 Å². The molecule has 1 aliphatic rings. The third-order valence-electron chi connectivity index (χ3n) is 7.26. The zero-order valence-electron chi connectivity index (χ0n) is 20.5. The molecule has 1 heterocycles. The number of carbonyl (C=O) groups excluding carboxylic acids is 1. The summed E-state index contributed by atoms with van der Waals surface area (Å²) in [7, 11) is 2.09. The Labute approximate surface area is 194 Å². The van der Waals surface area contributed by atoms with Gasteiger partial charge in [-0.3, -0.25) is 4.79 Å². The molecular weight excluding hydrogens is 394 g/mol. The summed E-state index contributed by atoms with van der Waals surface area (Å²) in [5, 5.41) is 7.15. The van der Waals surface area contributed by atoms with Gasteiger partial charge in [-0.25, -0.2) is 0 Å². The van der Waals surface area contributed by atoms with Crippen LogP contribution in [0, 0.1) is 0 Å². The Morgan fingerprint density at radius 2 is 1.59 bits per heavy atom. The van der Waals surface area contributed by atoms with Gasteiger partial charge in [0.25, 0.3) is 5.91 Å². The number of nitrogens with one attached hydrogen (secondary N) is 2. The van der Waals surface area contributed by atoms with Gasteiger partial charge in [0.2, 0.25) is 0 Å². The molecular formula is C28H39N3O. The Kier molecular flexibility index (Phi) is 7.33. The zero-order valence-corrected chi connectivity index (χ0v) is 20.5. The topological polar surface area (TPSA) is 44.4 Å². The summed E-state index contributed by atoms with van der Waals surface area (Å²) in [5.74, 6) is 0.947. The fourth-order valence-corrected chi connectivity index (χ4v) is 4.82. The number of hydrogen-bond acceptors (Lipinski definition) is 3. The summed E-state index contributed by atoms with van der Waals surface area (Å²) in [6.45, 7) is 10.9. The van der Waals surface area contributed by atoms with Gasteiger partial charge >= 0.3 is 0 Å². The van der Waals surface area contributed by atoms with Crippen LogP contribution in [-0.4, -0.2) is 23.4 Å². The third kappa shape index (κ3) is 4.69. The molecule has 0 spiro atoms. The van der Waals surface area contributed by atoms with E-state index in [2.05, 4.69) is 93.6 Å². The highest BCUT2D eigenvalue weighted by molar-refractivity contribution is 5.94. The van der Waals surface area contributed by atoms with E-state index in [1.807, 2.05) is 24.3 Å². The molecule has 0 bridgehead atoms. The van der Waals surface area contributed by atoms with Crippen LogP contribution in [0.4, 0.5) is 0 Å². The Hall–Kier alpha value is -2.75. The molecule has 1 saturated heterocycles. The molecule has 172 valence electrons. The Morgan fingerprint density at radius 3 is 2.12 bits per heavy atom. The highest BCUT2D eigenvalue weighted by Gasteiger charge is 2.38. The van der Waals surface area contributed by atoms with Crippen molar-refractivity contribution >= 4 is 5.91 Å². The summed E-state index contributed by atoms with van der Waals surface area (Å²) in [6.07, 6.45) is 3.31. The van der Waals surface area contributed by atoms with E-state index < -0.39 is 0 Å². The predicted octanol–water partition coefficient (Wildman–Crippen LogP) is 5.88. The van der Waals surface area contributed by atoms with Gasteiger partial charge in [-0.1, -0.05) is 81.4 Å². The standard InChI is InChI=1S/C28H39N3O/c1-7-23(26(32)30-28(8-2,9-3)22-18-14-11-15-19-22)25-29-24(20-27(4,5)31(25)6)21-16-12-10-13-17-21/h10-19,24,29H,7-9,20H2,1-6H3,(H,30,32)/b25-23+/t24-/m1/s1. The molecule has 3 rings (SSSR count). The van der Waals surface area contributed by atoms with Crippen LogP contribution < -0.4 is 10.6 Å². The number of benzene rings is 2. The summed E-state index contributed by atoms with van der Waals surface area (Å²) in [4.78, 5) is 16.0. The SMILES string of the molecule is CC/C(C(=O)NC(CC)(CC)c1ccccc1)=C1/N[C@@H](c2ccccc2)CC(C)(C)N1C. The molecule has 0 aromatic heterocycles. The van der Waals surface area contributed by atoms with Crippen LogP contribution >= 0.6 is 0 Å². The van der Waals surface area contributed by atoms with E-state index in [4.69, 9.17) is 0 Å². The summed E-state index contributed by atoms with van der Waals surface area (Å²) in [6, 6.07) is 21.0. The van der Waals surface area contributed by atoms with Crippen molar-refractivity contribution in [2.24, 2.45) is 0 Å². The van der Waals surface area contributed by atoms with Crippen molar-refractivity contribution in [2.45, 2.75) is 77.4 Å². The highest BCUT2D eigenvalue weighted by atomic mass is 16.1. The van der Waals surface area contributed by atoms with Gasteiger partial charge < -0.3 is 15.5 Å². The molecule has 32 heavy (non-hydrogen) atoms. The van der Waals surface area contributed by atoms with Crippen LogP contribution in [0.15, 0.2) is 72.1 Å². The quantitative estimate of drug-likeness (QED) is 0.536. The second kappa shape index (κ2) is 9.81. The lowest BCUT2D eigenvalue weighted by atomic mass is 9.84. The van der Waals surface area contributed by atoms with E-state index in [0.717, 1.165) is 36.2 Å². The summed E-state index contributed by atoms with van der Waals surface area (Å²) in [5.41, 5.74) is 2.77. The first-order valence-electron chi connectivity index (χ1n) is 11.9. The van der Waals surface area contributed by atoms with Gasteiger partial charge in [-0.2, -0.15) is 0 Å². The third-order valence-corrected chi connectivity index (χ3v) is 7.26. The first-order valence-corrected chi connectivity index (χ1v) is 11.9. The van der Waals surface area contributed by atoms with E-state index in [9.17, 15) is 4.79 Å². The molecule has 4 nitrogen and oxygen atoms in total. The fourth-order valence-electron chi connectivity index (χ4n) is 4.82. The largest absolute Gasteiger partial charge is 0.364 e. The van der Waals surface area contributed by atoms with Crippen LogP contribution in [0.3, 0.4) is 0 Å². The molecule has 2 aromatic rings. The van der Waals surface area contributed by atoms with Gasteiger partial charge in [-0.05, 0) is 50.7 Å². The number of rotatable bonds is 7. The summed E-state index contributed by atoms with van der Waals surface area (Å²) < 4.78 is 0. The van der Waals surface area contributed by atoms with Crippen molar-refractivity contribution in [1.82, 2.24) is 15.5 Å². The maximum Gasteiger partial charge on any atom is 0.251 e. The number of amides is 1. The first-order chi connectivity index (χ1) is 15.3. The fraction of sp³-hybridized carbons (Fsp3) is 0.464. The average Bonchev–Trinajstić information content (AvgIpc) is 2.81. The molecule has 2 N–H and O–H groups in total. The van der Waals surface area contributed by atoms with Crippen molar-refractivity contribution in [3.05, 3.63) is 83.2 Å². The minimum absolute atomic E-state index is 0.0129. The molecule has 2 aromatic carbocycles. The van der Waals surface area contributed by atoms with Gasteiger partial charge in [0.1, 0.15) is 5.82 Å². The first kappa shape index (κ1) is 23.9. The smallest absolute Gasteiger partial charge is 0.251 e. The van der Waals surface area contributed by atoms with Crippen molar-refractivity contribution in [2.75, 3.05) is 7.05 Å². The molecule has 0 radical (unpaired) electrons. The second-order valence-corrected chi connectivity index (χ2v) is 9.47. The van der Waals surface area contributed by atoms with Gasteiger partial charge in [0.05, 0.1) is 17.2 Å². The van der Waals surface area contributed by atoms with Crippen LogP contribution in [0.2, 0.25) is 0 Å². The Balaban J connectivity index is 1.99. The monoisotopic (exact) mass is 433 g/mol. The van der Waals surface area contributed by atoms with E-state index >= 15 is 0 Å². The van der Waals surface area contributed by atoms with Crippen molar-refractivity contribution in [1.29, 1.82) is 0 Å². The zero-order chi connectivity index (χ0) is 23.4. The van der Waals surface area contributed by atoms with E-state index in [0.29, 0.717) is 6.42 Å².